The zero-order valence-corrected chi connectivity index (χ0v) is 46.1. The molecule has 5 aromatic rings. The lowest BCUT2D eigenvalue weighted by Gasteiger charge is -2.34. The summed E-state index contributed by atoms with van der Waals surface area (Å²) >= 11 is 0. The van der Waals surface area contributed by atoms with Gasteiger partial charge in [0.25, 0.3) is 0 Å². The van der Waals surface area contributed by atoms with E-state index in [1.165, 1.54) is 22.3 Å². The molecule has 4 aromatic carbocycles. The summed E-state index contributed by atoms with van der Waals surface area (Å²) in [6.07, 6.45) is 0.659. The number of hydrogen-bond donors (Lipinski definition) is 0. The van der Waals surface area contributed by atoms with Gasteiger partial charge in [0.1, 0.15) is 22.7 Å². The predicted octanol–water partition coefficient (Wildman–Crippen LogP) is 18.4. The van der Waals surface area contributed by atoms with E-state index in [0.717, 1.165) is 66.8 Å². The molecule has 0 spiro atoms. The van der Waals surface area contributed by atoms with Crippen molar-refractivity contribution in [1.82, 2.24) is 0 Å². The van der Waals surface area contributed by atoms with Gasteiger partial charge < -0.3 is 17.4 Å². The SMILES string of the molecule is CC(C)(C)c1cc2c(c(C(C)(C)C)c1)OP(Op1oc3c(C(C)(C)C)cc(C(C)(C)C)cc3c3cc(C(C)(C)C)cc(C(C)(C)C)c3o1)Oc1c(cc(C(C)(C)C)cc1C(C)(C)C)C2. The van der Waals surface area contributed by atoms with Crippen LogP contribution in [-0.4, -0.2) is 0 Å². The Bertz CT molecular complexity index is 2450. The van der Waals surface area contributed by atoms with Crippen LogP contribution in [0.3, 0.4) is 0 Å². The third kappa shape index (κ3) is 10.5. The van der Waals surface area contributed by atoms with Crippen molar-refractivity contribution in [2.75, 3.05) is 0 Å². The van der Waals surface area contributed by atoms with Gasteiger partial charge in [0.2, 0.25) is 0 Å². The third-order valence-corrected chi connectivity index (χ3v) is 15.1. The quantitative estimate of drug-likeness (QED) is 0.165. The summed E-state index contributed by atoms with van der Waals surface area (Å²) in [5.74, 6) is 1.63. The van der Waals surface area contributed by atoms with Crippen molar-refractivity contribution < 1.29 is 21.8 Å². The first kappa shape index (κ1) is 50.2. The van der Waals surface area contributed by atoms with E-state index in [2.05, 4.69) is 215 Å². The Labute approximate surface area is 390 Å². The van der Waals surface area contributed by atoms with Crippen LogP contribution in [0.15, 0.2) is 56.9 Å². The lowest BCUT2D eigenvalue weighted by molar-refractivity contribution is 0.385. The first-order valence-electron chi connectivity index (χ1n) is 23.5. The van der Waals surface area contributed by atoms with Crippen LogP contribution in [0.1, 0.15) is 222 Å². The fourth-order valence-corrected chi connectivity index (χ4v) is 10.8. The predicted molar refractivity (Wildman–Crippen MR) is 276 cm³/mol. The van der Waals surface area contributed by atoms with Crippen LogP contribution in [0, 0.1) is 0 Å². The number of fused-ring (bicyclic) bond motifs is 5. The molecule has 0 amide bonds. The molecule has 0 radical (unpaired) electrons. The second kappa shape index (κ2) is 16.2. The van der Waals surface area contributed by atoms with Crippen LogP contribution >= 0.6 is 16.8 Å². The summed E-state index contributed by atoms with van der Waals surface area (Å²) in [7, 11) is -4.29. The first-order chi connectivity index (χ1) is 28.7. The molecule has 0 atom stereocenters. The molecule has 1 aromatic heterocycles. The third-order valence-electron chi connectivity index (χ3n) is 12.7. The fraction of sp³-hybridized carbons (Fsp3) is 0.579. The Morgan fingerprint density at radius 2 is 0.641 bits per heavy atom. The Kier molecular flexibility index (Phi) is 12.7. The van der Waals surface area contributed by atoms with E-state index in [1.807, 2.05) is 0 Å². The Morgan fingerprint density at radius 3 is 0.922 bits per heavy atom. The molecule has 7 heteroatoms. The molecule has 5 nitrogen and oxygen atoms in total. The lowest BCUT2D eigenvalue weighted by Crippen LogP contribution is -2.22. The highest BCUT2D eigenvalue weighted by atomic mass is 31.2. The second-order valence-electron chi connectivity index (χ2n) is 26.9. The van der Waals surface area contributed by atoms with E-state index in [9.17, 15) is 0 Å². The Morgan fingerprint density at radius 1 is 0.359 bits per heavy atom. The maximum atomic E-state index is 7.31. The molecule has 350 valence electrons. The van der Waals surface area contributed by atoms with Gasteiger partial charge in [0.05, 0.1) is 0 Å². The minimum Gasteiger partial charge on any atom is -0.417 e. The molecule has 0 N–H and O–H groups in total. The summed E-state index contributed by atoms with van der Waals surface area (Å²) in [5, 5.41) is 2.05. The highest BCUT2D eigenvalue weighted by molar-refractivity contribution is 7.52. The van der Waals surface area contributed by atoms with E-state index in [-0.39, 0.29) is 43.3 Å². The molecule has 0 bridgehead atoms. The molecular weight excluding hydrogens is 827 g/mol. The summed E-state index contributed by atoms with van der Waals surface area (Å²) < 4.78 is 36.5. The standard InChI is InChI=1S/C57H82O5P2/c1-50(2,3)36-26-34-25-35-27-37(51(4,5)6)31-43(55(16,17)18)47(35)59-63(58-46(34)42(30-36)54(13,14)15)62-64-60-48-40(28-38(52(7,8)9)32-44(48)56(19,20)21)41-29-39(53(10,11)12)33-45(49(41)61-64)57(22,23)24/h26-33H,25H2,1-24H3. The Hall–Kier alpha value is -3.23. The monoisotopic (exact) mass is 909 g/mol. The minimum absolute atomic E-state index is 0.0803. The van der Waals surface area contributed by atoms with Gasteiger partial charge in [0.15, 0.2) is 0 Å². The molecule has 0 unspecified atom stereocenters. The molecule has 1 aliphatic rings. The van der Waals surface area contributed by atoms with E-state index in [0.29, 0.717) is 6.42 Å². The smallest absolute Gasteiger partial charge is 0.417 e. The molecular formula is C57H82O5P2. The summed E-state index contributed by atoms with van der Waals surface area (Å²) in [5.41, 5.74) is 11.9. The van der Waals surface area contributed by atoms with Crippen molar-refractivity contribution in [1.29, 1.82) is 0 Å². The normalized spacial score (nSPS) is 15.1. The summed E-state index contributed by atoms with van der Waals surface area (Å²) in [6, 6.07) is 18.7. The van der Waals surface area contributed by atoms with Crippen molar-refractivity contribution in [3.63, 3.8) is 0 Å². The molecule has 6 rings (SSSR count). The molecule has 0 saturated carbocycles. The van der Waals surface area contributed by atoms with Gasteiger partial charge in [0, 0.05) is 39.4 Å². The first-order valence-corrected chi connectivity index (χ1v) is 25.7. The maximum Gasteiger partial charge on any atom is 0.476 e. The molecule has 64 heavy (non-hydrogen) atoms. The van der Waals surface area contributed by atoms with Gasteiger partial charge in [-0.2, -0.15) is 4.31 Å². The molecule has 0 saturated heterocycles. The average molecular weight is 909 g/mol. The number of benzene rings is 4. The van der Waals surface area contributed by atoms with Gasteiger partial charge in [-0.05, 0) is 88.8 Å². The lowest BCUT2D eigenvalue weighted by atomic mass is 9.76. The fourth-order valence-electron chi connectivity index (χ4n) is 8.33. The average Bonchev–Trinajstić information content (AvgIpc) is 3.23. The van der Waals surface area contributed by atoms with Gasteiger partial charge >= 0.3 is 16.8 Å². The molecule has 1 aliphatic heterocycles. The molecule has 2 heterocycles. The van der Waals surface area contributed by atoms with Crippen LogP contribution < -0.4 is 13.4 Å². The van der Waals surface area contributed by atoms with Crippen LogP contribution in [0.5, 0.6) is 11.5 Å². The van der Waals surface area contributed by atoms with Crippen molar-refractivity contribution >= 4 is 38.8 Å². The van der Waals surface area contributed by atoms with Crippen molar-refractivity contribution in [3.8, 4) is 11.5 Å². The van der Waals surface area contributed by atoms with E-state index >= 15 is 0 Å². The minimum atomic E-state index is -2.15. The van der Waals surface area contributed by atoms with Crippen LogP contribution in [0.25, 0.3) is 21.9 Å². The second-order valence-corrected chi connectivity index (χ2v) is 29.2. The van der Waals surface area contributed by atoms with Crippen molar-refractivity contribution in [3.05, 3.63) is 104 Å². The Balaban J connectivity index is 1.78. The van der Waals surface area contributed by atoms with Crippen molar-refractivity contribution in [2.24, 2.45) is 0 Å². The zero-order valence-electron chi connectivity index (χ0n) is 44.3. The zero-order chi connectivity index (χ0) is 48.3. The summed E-state index contributed by atoms with van der Waals surface area (Å²) in [4.78, 5) is 0. The largest absolute Gasteiger partial charge is 0.476 e. The topological polar surface area (TPSA) is 54.0 Å². The van der Waals surface area contributed by atoms with E-state index in [1.54, 1.807) is 0 Å². The van der Waals surface area contributed by atoms with Crippen LogP contribution in [0.2, 0.25) is 0 Å². The highest BCUT2D eigenvalue weighted by Crippen LogP contribution is 2.56. The highest BCUT2D eigenvalue weighted by Gasteiger charge is 2.37. The molecule has 0 aliphatic carbocycles. The van der Waals surface area contributed by atoms with Gasteiger partial charge in [-0.25, -0.2) is 0 Å². The van der Waals surface area contributed by atoms with E-state index in [4.69, 9.17) is 21.8 Å². The number of hydrogen-bond acceptors (Lipinski definition) is 5. The van der Waals surface area contributed by atoms with E-state index < -0.39 is 16.8 Å². The van der Waals surface area contributed by atoms with Crippen molar-refractivity contribution in [2.45, 2.75) is 216 Å². The molecule has 0 fully saturated rings. The van der Waals surface area contributed by atoms with Crippen LogP contribution in [0.4, 0.5) is 0 Å². The van der Waals surface area contributed by atoms with Crippen LogP contribution in [-0.2, 0) is 49.7 Å². The maximum absolute atomic E-state index is 7.31. The van der Waals surface area contributed by atoms with Gasteiger partial charge in [-0.15, -0.1) is 0 Å². The van der Waals surface area contributed by atoms with Gasteiger partial charge in [-0.3, -0.25) is 0 Å². The summed E-state index contributed by atoms with van der Waals surface area (Å²) in [6.45, 7) is 54.6. The van der Waals surface area contributed by atoms with Gasteiger partial charge in [-0.1, -0.05) is 203 Å². The number of rotatable bonds is 2.